The molecule has 2 N–H and O–H groups in total. The van der Waals surface area contributed by atoms with E-state index in [2.05, 4.69) is 15.7 Å². The highest BCUT2D eigenvalue weighted by atomic mass is 16.2. The molecule has 27 heavy (non-hydrogen) atoms. The van der Waals surface area contributed by atoms with Gasteiger partial charge in [0.15, 0.2) is 5.65 Å². The van der Waals surface area contributed by atoms with Crippen molar-refractivity contribution in [2.45, 2.75) is 26.9 Å². The first-order valence-corrected chi connectivity index (χ1v) is 8.65. The van der Waals surface area contributed by atoms with Gasteiger partial charge in [0.05, 0.1) is 0 Å². The van der Waals surface area contributed by atoms with Crippen molar-refractivity contribution >= 4 is 23.1 Å². The van der Waals surface area contributed by atoms with E-state index in [-0.39, 0.29) is 30.0 Å². The van der Waals surface area contributed by atoms with E-state index in [0.717, 1.165) is 10.2 Å². The number of hydrogen-bond acceptors (Lipinski definition) is 4. The fourth-order valence-corrected chi connectivity index (χ4v) is 2.46. The molecule has 8 heteroatoms. The Balaban J connectivity index is 1.56. The Labute approximate surface area is 155 Å². The largest absolute Gasteiger partial charge is 0.350 e. The van der Waals surface area contributed by atoms with Gasteiger partial charge in [-0.1, -0.05) is 32.0 Å². The third-order valence-corrected chi connectivity index (χ3v) is 4.02. The molecule has 0 atom stereocenters. The highest BCUT2D eigenvalue weighted by molar-refractivity contribution is 5.92. The molecule has 3 rings (SSSR count). The van der Waals surface area contributed by atoms with Gasteiger partial charge in [0.1, 0.15) is 6.54 Å². The number of carbonyl (C=O) groups excluding carboxylic acids is 2. The fraction of sp³-hybridized carbons (Fsp3) is 0.263. The van der Waals surface area contributed by atoms with Crippen molar-refractivity contribution in [2.75, 3.05) is 5.32 Å². The Morgan fingerprint density at radius 1 is 1.11 bits per heavy atom. The second kappa shape index (κ2) is 7.86. The van der Waals surface area contributed by atoms with Crippen LogP contribution >= 0.6 is 0 Å². The summed E-state index contributed by atoms with van der Waals surface area (Å²) < 4.78 is 2.52. The lowest BCUT2D eigenvalue weighted by atomic mass is 10.1. The van der Waals surface area contributed by atoms with Gasteiger partial charge in [-0.25, -0.2) is 9.48 Å². The van der Waals surface area contributed by atoms with E-state index < -0.39 is 0 Å². The number of fused-ring (bicyclic) bond motifs is 1. The third-order valence-electron chi connectivity index (χ3n) is 4.02. The molecule has 0 fully saturated rings. The molecule has 8 nitrogen and oxygen atoms in total. The van der Waals surface area contributed by atoms with Gasteiger partial charge in [-0.3, -0.25) is 14.0 Å². The fourth-order valence-electron chi connectivity index (χ4n) is 2.46. The molecule has 0 saturated heterocycles. The van der Waals surface area contributed by atoms with Gasteiger partial charge in [-0.2, -0.15) is 0 Å². The summed E-state index contributed by atoms with van der Waals surface area (Å²) in [6.45, 7) is 3.82. The van der Waals surface area contributed by atoms with Gasteiger partial charge in [-0.15, -0.1) is 5.10 Å². The second-order valence-electron chi connectivity index (χ2n) is 6.49. The summed E-state index contributed by atoms with van der Waals surface area (Å²) in [6.07, 6.45) is 1.61. The van der Waals surface area contributed by atoms with Gasteiger partial charge in [0.25, 0.3) is 0 Å². The molecule has 0 bridgehead atoms. The van der Waals surface area contributed by atoms with E-state index in [1.54, 1.807) is 36.5 Å². The molecule has 1 aromatic carbocycles. The predicted molar refractivity (Wildman–Crippen MR) is 101 cm³/mol. The number of amides is 2. The van der Waals surface area contributed by atoms with Gasteiger partial charge in [0.2, 0.25) is 11.8 Å². The van der Waals surface area contributed by atoms with Crippen LogP contribution in [-0.4, -0.2) is 26.0 Å². The maximum atomic E-state index is 12.2. The number of nitrogens with one attached hydrogen (secondary N) is 2. The average molecular weight is 367 g/mol. The molecular formula is C19H21N5O3. The first kappa shape index (κ1) is 18.4. The first-order chi connectivity index (χ1) is 12.9. The molecule has 3 aromatic rings. The number of carbonyl (C=O) groups is 2. The van der Waals surface area contributed by atoms with Crippen LogP contribution < -0.4 is 16.3 Å². The highest BCUT2D eigenvalue weighted by Gasteiger charge is 2.10. The summed E-state index contributed by atoms with van der Waals surface area (Å²) in [5.74, 6) is -0.446. The molecular weight excluding hydrogens is 346 g/mol. The zero-order valence-corrected chi connectivity index (χ0v) is 15.2. The topological polar surface area (TPSA) is 97.5 Å². The summed E-state index contributed by atoms with van der Waals surface area (Å²) in [4.78, 5) is 36.0. The number of anilines is 1. The van der Waals surface area contributed by atoms with Crippen LogP contribution in [0, 0.1) is 5.92 Å². The summed E-state index contributed by atoms with van der Waals surface area (Å²) in [5.41, 5.74) is 1.73. The van der Waals surface area contributed by atoms with E-state index in [1.807, 2.05) is 26.0 Å². The van der Waals surface area contributed by atoms with Crippen LogP contribution in [-0.2, 0) is 22.7 Å². The van der Waals surface area contributed by atoms with Crippen LogP contribution in [0.15, 0.2) is 53.5 Å². The van der Waals surface area contributed by atoms with Crippen molar-refractivity contribution in [1.29, 1.82) is 0 Å². The number of pyridine rings is 1. The Morgan fingerprint density at radius 3 is 2.52 bits per heavy atom. The number of nitrogens with zero attached hydrogens (tertiary/aromatic N) is 3. The normalized spacial score (nSPS) is 10.9. The van der Waals surface area contributed by atoms with Crippen LogP contribution in [0.25, 0.3) is 5.65 Å². The molecule has 0 saturated carbocycles. The van der Waals surface area contributed by atoms with Crippen molar-refractivity contribution in [1.82, 2.24) is 19.5 Å². The number of aromatic nitrogens is 3. The van der Waals surface area contributed by atoms with E-state index in [1.165, 1.54) is 4.40 Å². The maximum Gasteiger partial charge on any atom is 0.350 e. The van der Waals surface area contributed by atoms with E-state index in [4.69, 9.17) is 0 Å². The minimum atomic E-state index is -0.356. The Bertz CT molecular complexity index is 1020. The van der Waals surface area contributed by atoms with Crippen molar-refractivity contribution < 1.29 is 9.59 Å². The predicted octanol–water partition coefficient (Wildman–Crippen LogP) is 1.41. The van der Waals surface area contributed by atoms with E-state index >= 15 is 0 Å². The molecule has 0 radical (unpaired) electrons. The lowest BCUT2D eigenvalue weighted by Crippen LogP contribution is -2.32. The minimum absolute atomic E-state index is 0.0473. The van der Waals surface area contributed by atoms with Gasteiger partial charge in [-0.05, 0) is 29.8 Å². The quantitative estimate of drug-likeness (QED) is 0.688. The zero-order chi connectivity index (χ0) is 19.4. The Hall–Kier alpha value is -3.42. The van der Waals surface area contributed by atoms with Crippen molar-refractivity contribution in [2.24, 2.45) is 5.92 Å². The Kier molecular flexibility index (Phi) is 5.35. The van der Waals surface area contributed by atoms with Crippen molar-refractivity contribution in [3.05, 3.63) is 64.7 Å². The van der Waals surface area contributed by atoms with Gasteiger partial charge >= 0.3 is 5.69 Å². The molecule has 2 aromatic heterocycles. The van der Waals surface area contributed by atoms with E-state index in [0.29, 0.717) is 17.9 Å². The molecule has 0 unspecified atom stereocenters. The summed E-state index contributed by atoms with van der Waals surface area (Å²) in [7, 11) is 0. The molecule has 0 aliphatic rings. The maximum absolute atomic E-state index is 12.2. The average Bonchev–Trinajstić information content (AvgIpc) is 2.97. The monoisotopic (exact) mass is 367 g/mol. The standard InChI is InChI=1S/C19H21N5O3/c1-13(2)18(26)21-15-8-6-14(7-9-15)11-20-17(25)12-24-19(27)23-10-4-3-5-16(23)22-24/h3-10,13H,11-12H2,1-2H3,(H,20,25)(H,21,26). The Morgan fingerprint density at radius 2 is 1.85 bits per heavy atom. The number of hydrogen-bond donors (Lipinski definition) is 2. The SMILES string of the molecule is CC(C)C(=O)Nc1ccc(CNC(=O)Cn2nc3ccccn3c2=O)cc1. The highest BCUT2D eigenvalue weighted by Crippen LogP contribution is 2.11. The van der Waals surface area contributed by atoms with Crippen molar-refractivity contribution in [3.8, 4) is 0 Å². The molecule has 0 spiro atoms. The van der Waals surface area contributed by atoms with Crippen LogP contribution in [0.5, 0.6) is 0 Å². The lowest BCUT2D eigenvalue weighted by Gasteiger charge is -2.09. The zero-order valence-electron chi connectivity index (χ0n) is 15.2. The van der Waals surface area contributed by atoms with Crippen LogP contribution in [0.3, 0.4) is 0 Å². The van der Waals surface area contributed by atoms with Crippen molar-refractivity contribution in [3.63, 3.8) is 0 Å². The van der Waals surface area contributed by atoms with Gasteiger partial charge in [0, 0.05) is 24.3 Å². The number of benzene rings is 1. The smallest absolute Gasteiger partial charge is 0.350 e. The minimum Gasteiger partial charge on any atom is -0.350 e. The molecule has 2 heterocycles. The van der Waals surface area contributed by atoms with Gasteiger partial charge < -0.3 is 10.6 Å². The number of rotatable bonds is 6. The molecule has 0 aliphatic heterocycles. The molecule has 2 amide bonds. The van der Waals surface area contributed by atoms with Crippen LogP contribution in [0.1, 0.15) is 19.4 Å². The third kappa shape index (κ3) is 4.41. The first-order valence-electron chi connectivity index (χ1n) is 8.65. The molecule has 0 aliphatic carbocycles. The second-order valence-corrected chi connectivity index (χ2v) is 6.49. The summed E-state index contributed by atoms with van der Waals surface area (Å²) in [5, 5.41) is 9.70. The lowest BCUT2D eigenvalue weighted by molar-refractivity contribution is -0.122. The van der Waals surface area contributed by atoms with E-state index in [9.17, 15) is 14.4 Å². The summed E-state index contributed by atoms with van der Waals surface area (Å²) in [6, 6.07) is 12.4. The van der Waals surface area contributed by atoms with Crippen LogP contribution in [0.4, 0.5) is 5.69 Å². The molecule has 140 valence electrons. The van der Waals surface area contributed by atoms with Crippen LogP contribution in [0.2, 0.25) is 0 Å². The summed E-state index contributed by atoms with van der Waals surface area (Å²) >= 11 is 0.